The van der Waals surface area contributed by atoms with Crippen molar-refractivity contribution >= 4 is 16.8 Å². The highest BCUT2D eigenvalue weighted by Gasteiger charge is 2.31. The van der Waals surface area contributed by atoms with Crippen molar-refractivity contribution in [3.05, 3.63) is 75.9 Å². The summed E-state index contributed by atoms with van der Waals surface area (Å²) in [6.45, 7) is 1.43. The van der Waals surface area contributed by atoms with Gasteiger partial charge in [0.05, 0.1) is 0 Å². The third-order valence-electron chi connectivity index (χ3n) is 3.51. The van der Waals surface area contributed by atoms with E-state index in [1.807, 2.05) is 0 Å². The number of carbonyl (C=O) groups is 1. The van der Waals surface area contributed by atoms with Gasteiger partial charge in [-0.25, -0.2) is 0 Å². The number of hydrogen-bond acceptors (Lipinski definition) is 4. The number of fused-ring (bicyclic) bond motifs is 1. The average molecular weight is 296 g/mol. The van der Waals surface area contributed by atoms with Crippen molar-refractivity contribution < 1.29 is 19.4 Å². The molecule has 1 N–H and O–H groups in total. The minimum absolute atomic E-state index is 0.0145. The van der Waals surface area contributed by atoms with E-state index in [4.69, 9.17) is 0 Å². The maximum Gasteiger partial charge on any atom is 0.333 e. The first-order valence-corrected chi connectivity index (χ1v) is 6.59. The van der Waals surface area contributed by atoms with Gasteiger partial charge in [0.25, 0.3) is 22.5 Å². The van der Waals surface area contributed by atoms with E-state index in [0.29, 0.717) is 9.46 Å². The Labute approximate surface area is 125 Å². The van der Waals surface area contributed by atoms with Gasteiger partial charge in [0.15, 0.2) is 0 Å². The molecule has 0 saturated heterocycles. The van der Waals surface area contributed by atoms with Crippen molar-refractivity contribution in [2.24, 2.45) is 0 Å². The second-order valence-corrected chi connectivity index (χ2v) is 4.89. The number of aromatic nitrogens is 2. The van der Waals surface area contributed by atoms with Crippen LogP contribution in [-0.2, 0) is 0 Å². The maximum atomic E-state index is 12.5. The zero-order valence-electron chi connectivity index (χ0n) is 11.7. The van der Waals surface area contributed by atoms with Crippen LogP contribution in [0.2, 0.25) is 0 Å². The minimum atomic E-state index is -0.567. The predicted molar refractivity (Wildman–Crippen MR) is 78.1 cm³/mol. The van der Waals surface area contributed by atoms with Gasteiger partial charge in [0.2, 0.25) is 0 Å². The Morgan fingerprint density at radius 2 is 1.50 bits per heavy atom. The summed E-state index contributed by atoms with van der Waals surface area (Å²) in [4.78, 5) is 12.5. The van der Waals surface area contributed by atoms with Crippen LogP contribution < -0.4 is 9.46 Å². The van der Waals surface area contributed by atoms with Gasteiger partial charge in [0, 0.05) is 24.6 Å². The number of para-hydroxylation sites is 2. The second kappa shape index (κ2) is 5.00. The fourth-order valence-corrected chi connectivity index (χ4v) is 2.36. The number of phenolic OH excluding ortho intramolecular Hbond substituents is 1. The van der Waals surface area contributed by atoms with Crippen molar-refractivity contribution in [1.82, 2.24) is 0 Å². The summed E-state index contributed by atoms with van der Waals surface area (Å²) in [5.74, 6) is -0.552. The summed E-state index contributed by atoms with van der Waals surface area (Å²) < 4.78 is 1.06. The van der Waals surface area contributed by atoms with Crippen LogP contribution in [0.25, 0.3) is 11.0 Å². The summed E-state index contributed by atoms with van der Waals surface area (Å²) >= 11 is 0. The Morgan fingerprint density at radius 3 is 2.09 bits per heavy atom. The molecule has 0 aliphatic heterocycles. The highest BCUT2D eigenvalue weighted by atomic mass is 16.5. The van der Waals surface area contributed by atoms with Gasteiger partial charge in [-0.1, -0.05) is 12.1 Å². The van der Waals surface area contributed by atoms with E-state index < -0.39 is 5.78 Å². The molecule has 22 heavy (non-hydrogen) atoms. The largest absolute Gasteiger partial charge is 0.618 e. The van der Waals surface area contributed by atoms with E-state index in [1.54, 1.807) is 12.1 Å². The third-order valence-corrected chi connectivity index (χ3v) is 3.51. The molecule has 0 saturated carbocycles. The van der Waals surface area contributed by atoms with E-state index in [-0.39, 0.29) is 33.7 Å². The SMILES string of the molecule is Cc1c(C(=O)c2ccc(O)cc2)[n+]([O-])c2ccccc2[n+]1[O-]. The Kier molecular flexibility index (Phi) is 3.14. The summed E-state index contributed by atoms with van der Waals surface area (Å²) in [5.41, 5.74) is 0.370. The van der Waals surface area contributed by atoms with E-state index in [9.17, 15) is 20.3 Å². The molecule has 1 heterocycles. The van der Waals surface area contributed by atoms with Crippen LogP contribution in [0.1, 0.15) is 21.7 Å². The predicted octanol–water partition coefficient (Wildman–Crippen LogP) is 1.35. The van der Waals surface area contributed by atoms with E-state index >= 15 is 0 Å². The molecule has 0 aliphatic rings. The van der Waals surface area contributed by atoms with Gasteiger partial charge >= 0.3 is 5.69 Å². The van der Waals surface area contributed by atoms with Crippen molar-refractivity contribution in [1.29, 1.82) is 0 Å². The minimum Gasteiger partial charge on any atom is -0.618 e. The van der Waals surface area contributed by atoms with Crippen molar-refractivity contribution in [3.63, 3.8) is 0 Å². The van der Waals surface area contributed by atoms with Gasteiger partial charge in [-0.3, -0.25) is 4.79 Å². The lowest BCUT2D eigenvalue weighted by Crippen LogP contribution is -2.46. The van der Waals surface area contributed by atoms with E-state index in [1.165, 1.54) is 43.3 Å². The molecule has 3 aromatic rings. The monoisotopic (exact) mass is 296 g/mol. The molecule has 1 aromatic heterocycles. The first kappa shape index (κ1) is 13.8. The number of hydrogen-bond donors (Lipinski definition) is 1. The molecule has 0 bridgehead atoms. The molecule has 3 rings (SSSR count). The maximum absolute atomic E-state index is 12.5. The normalized spacial score (nSPS) is 10.8. The molecule has 110 valence electrons. The Morgan fingerprint density at radius 1 is 0.955 bits per heavy atom. The second-order valence-electron chi connectivity index (χ2n) is 4.89. The fourth-order valence-electron chi connectivity index (χ4n) is 2.36. The quantitative estimate of drug-likeness (QED) is 0.439. The molecule has 0 atom stereocenters. The number of benzene rings is 2. The van der Waals surface area contributed by atoms with Gasteiger partial charge < -0.3 is 15.5 Å². The summed E-state index contributed by atoms with van der Waals surface area (Å²) in [6, 6.07) is 11.8. The van der Waals surface area contributed by atoms with Crippen LogP contribution in [0.3, 0.4) is 0 Å². The lowest BCUT2D eigenvalue weighted by Gasteiger charge is -2.10. The lowest BCUT2D eigenvalue weighted by molar-refractivity contribution is -0.635. The number of aromatic hydroxyl groups is 1. The van der Waals surface area contributed by atoms with Crippen LogP contribution in [0, 0.1) is 17.3 Å². The Bertz CT molecular complexity index is 889. The van der Waals surface area contributed by atoms with Crippen LogP contribution in [0.5, 0.6) is 5.75 Å². The molecular weight excluding hydrogens is 284 g/mol. The summed E-state index contributed by atoms with van der Waals surface area (Å²) in [6.07, 6.45) is 0. The van der Waals surface area contributed by atoms with Gasteiger partial charge in [-0.2, -0.15) is 9.46 Å². The molecule has 2 aromatic carbocycles. The number of phenols is 1. The number of rotatable bonds is 2. The van der Waals surface area contributed by atoms with Crippen molar-refractivity contribution in [2.45, 2.75) is 6.92 Å². The van der Waals surface area contributed by atoms with Crippen LogP contribution in [0.4, 0.5) is 0 Å². The average Bonchev–Trinajstić information content (AvgIpc) is 2.53. The smallest absolute Gasteiger partial charge is 0.333 e. The molecule has 6 nitrogen and oxygen atoms in total. The number of carbonyl (C=O) groups excluding carboxylic acids is 1. The van der Waals surface area contributed by atoms with Crippen LogP contribution in [0.15, 0.2) is 48.5 Å². The fraction of sp³-hybridized carbons (Fsp3) is 0.0625. The van der Waals surface area contributed by atoms with Crippen LogP contribution in [-0.4, -0.2) is 10.9 Å². The molecule has 0 spiro atoms. The molecule has 0 amide bonds. The van der Waals surface area contributed by atoms with Crippen LogP contribution >= 0.6 is 0 Å². The number of nitrogens with zero attached hydrogens (tertiary/aromatic N) is 2. The molecule has 0 aliphatic carbocycles. The van der Waals surface area contributed by atoms with Crippen molar-refractivity contribution in [2.75, 3.05) is 0 Å². The first-order chi connectivity index (χ1) is 10.5. The molecular formula is C16H12N2O4. The standard InChI is InChI=1S/C16H12N2O4/c1-10-15(16(20)11-6-8-12(19)9-7-11)18(22)14-5-3-2-4-13(14)17(10)21/h2-9,19H,1H3. The summed E-state index contributed by atoms with van der Waals surface area (Å²) in [7, 11) is 0. The highest BCUT2D eigenvalue weighted by Crippen LogP contribution is 2.15. The zero-order valence-corrected chi connectivity index (χ0v) is 11.7. The molecule has 0 fully saturated rings. The Balaban J connectivity index is 2.26. The number of ketones is 1. The lowest BCUT2D eigenvalue weighted by atomic mass is 10.1. The first-order valence-electron chi connectivity index (χ1n) is 6.59. The molecule has 6 heteroatoms. The van der Waals surface area contributed by atoms with Gasteiger partial charge in [0.1, 0.15) is 5.75 Å². The summed E-state index contributed by atoms with van der Waals surface area (Å²) in [5, 5.41) is 34.0. The molecule has 0 radical (unpaired) electrons. The van der Waals surface area contributed by atoms with Gasteiger partial charge in [-0.15, -0.1) is 0 Å². The molecule has 0 unspecified atom stereocenters. The van der Waals surface area contributed by atoms with Crippen molar-refractivity contribution in [3.8, 4) is 5.75 Å². The zero-order chi connectivity index (χ0) is 15.9. The third kappa shape index (κ3) is 2.01. The van der Waals surface area contributed by atoms with Gasteiger partial charge in [-0.05, 0) is 24.3 Å². The Hall–Kier alpha value is -3.15. The topological polar surface area (TPSA) is 91.2 Å². The van der Waals surface area contributed by atoms with E-state index in [0.717, 1.165) is 0 Å². The highest BCUT2D eigenvalue weighted by molar-refractivity contribution is 6.07. The van der Waals surface area contributed by atoms with E-state index in [2.05, 4.69) is 0 Å².